The normalized spacial score (nSPS) is 19.9. The third-order valence-electron chi connectivity index (χ3n) is 5.35. The summed E-state index contributed by atoms with van der Waals surface area (Å²) in [7, 11) is 0. The Kier molecular flexibility index (Phi) is 4.09. The van der Waals surface area contributed by atoms with Gasteiger partial charge in [-0.2, -0.15) is 0 Å². The average molecular weight is 375 g/mol. The molecule has 0 atom stereocenters. The van der Waals surface area contributed by atoms with Gasteiger partial charge in [0.1, 0.15) is 0 Å². The molecule has 2 aliphatic rings. The van der Waals surface area contributed by atoms with Gasteiger partial charge in [-0.05, 0) is 25.7 Å². The molecule has 132 valence electrons. The van der Waals surface area contributed by atoms with E-state index in [-0.39, 0.29) is 0 Å². The molecule has 4 heterocycles. The molecule has 1 saturated carbocycles. The molecule has 1 aliphatic carbocycles. The standard InChI is InChI=1S/C17H22N6S2/c1-2-4-12(3-1)14-11-23-16(20-14)25-17(21-23)22-8-5-13(6-9-22)19-15-18-7-10-24-15/h7,10-13H,1-6,8-9H2,(H,18,19). The minimum Gasteiger partial charge on any atom is -0.359 e. The molecule has 0 radical (unpaired) electrons. The Morgan fingerprint density at radius 3 is 2.68 bits per heavy atom. The maximum atomic E-state index is 4.85. The van der Waals surface area contributed by atoms with E-state index in [9.17, 15) is 0 Å². The van der Waals surface area contributed by atoms with Crippen molar-refractivity contribution in [1.29, 1.82) is 0 Å². The average Bonchev–Trinajstić information content (AvgIpc) is 3.39. The molecule has 25 heavy (non-hydrogen) atoms. The number of nitrogens with one attached hydrogen (secondary N) is 1. The summed E-state index contributed by atoms with van der Waals surface area (Å²) in [5.74, 6) is 0.657. The van der Waals surface area contributed by atoms with E-state index in [1.54, 1.807) is 22.7 Å². The van der Waals surface area contributed by atoms with Crippen LogP contribution in [0.4, 0.5) is 10.3 Å². The van der Waals surface area contributed by atoms with E-state index >= 15 is 0 Å². The van der Waals surface area contributed by atoms with E-state index in [0.29, 0.717) is 12.0 Å². The molecule has 6 nitrogen and oxygen atoms in total. The second-order valence-electron chi connectivity index (χ2n) is 7.00. The quantitative estimate of drug-likeness (QED) is 0.748. The SMILES string of the molecule is c1csc(NC2CCN(c3nn4cc(C5CCCC5)nc4s3)CC2)n1. The van der Waals surface area contributed by atoms with Crippen molar-refractivity contribution < 1.29 is 0 Å². The van der Waals surface area contributed by atoms with Gasteiger partial charge in [-0.15, -0.1) is 16.4 Å². The molecule has 2 fully saturated rings. The predicted molar refractivity (Wildman–Crippen MR) is 103 cm³/mol. The van der Waals surface area contributed by atoms with Crippen molar-refractivity contribution in [3.8, 4) is 0 Å². The van der Waals surface area contributed by atoms with Gasteiger partial charge < -0.3 is 10.2 Å². The van der Waals surface area contributed by atoms with Gasteiger partial charge >= 0.3 is 0 Å². The Morgan fingerprint density at radius 2 is 1.96 bits per heavy atom. The van der Waals surface area contributed by atoms with Crippen LogP contribution in [0.2, 0.25) is 0 Å². The van der Waals surface area contributed by atoms with Crippen molar-refractivity contribution in [3.63, 3.8) is 0 Å². The summed E-state index contributed by atoms with van der Waals surface area (Å²) in [6, 6.07) is 0.514. The molecule has 1 aliphatic heterocycles. The number of thiazole rings is 1. The van der Waals surface area contributed by atoms with Gasteiger partial charge in [0.15, 0.2) is 5.13 Å². The van der Waals surface area contributed by atoms with Gasteiger partial charge in [0, 0.05) is 36.6 Å². The minimum atomic E-state index is 0.514. The van der Waals surface area contributed by atoms with Crippen LogP contribution in [-0.2, 0) is 0 Å². The molecule has 3 aromatic heterocycles. The van der Waals surface area contributed by atoms with Crippen LogP contribution in [0.3, 0.4) is 0 Å². The van der Waals surface area contributed by atoms with Crippen molar-refractivity contribution in [2.24, 2.45) is 0 Å². The lowest BCUT2D eigenvalue weighted by Gasteiger charge is -2.31. The van der Waals surface area contributed by atoms with Crippen LogP contribution in [0.1, 0.15) is 50.1 Å². The number of nitrogens with zero attached hydrogens (tertiary/aromatic N) is 5. The van der Waals surface area contributed by atoms with E-state index in [0.717, 1.165) is 41.2 Å². The Balaban J connectivity index is 1.24. The Bertz CT molecular complexity index is 793. The van der Waals surface area contributed by atoms with Crippen molar-refractivity contribution in [2.75, 3.05) is 23.3 Å². The lowest BCUT2D eigenvalue weighted by molar-refractivity contribution is 0.524. The number of hydrogen-bond donors (Lipinski definition) is 1. The first-order valence-electron chi connectivity index (χ1n) is 9.12. The molecule has 0 bridgehead atoms. The van der Waals surface area contributed by atoms with E-state index in [1.165, 1.54) is 31.4 Å². The monoisotopic (exact) mass is 374 g/mol. The smallest absolute Gasteiger partial charge is 0.214 e. The molecule has 1 saturated heterocycles. The number of imidazole rings is 1. The highest BCUT2D eigenvalue weighted by molar-refractivity contribution is 7.20. The van der Waals surface area contributed by atoms with Crippen LogP contribution in [0, 0.1) is 0 Å². The van der Waals surface area contributed by atoms with Gasteiger partial charge in [0.25, 0.3) is 0 Å². The lowest BCUT2D eigenvalue weighted by Crippen LogP contribution is -2.39. The molecule has 0 aromatic carbocycles. The number of fused-ring (bicyclic) bond motifs is 1. The fourth-order valence-corrected chi connectivity index (χ4v) is 5.49. The van der Waals surface area contributed by atoms with E-state index in [4.69, 9.17) is 10.1 Å². The van der Waals surface area contributed by atoms with Crippen LogP contribution in [-0.4, -0.2) is 38.7 Å². The lowest BCUT2D eigenvalue weighted by atomic mass is 10.1. The van der Waals surface area contributed by atoms with Crippen LogP contribution < -0.4 is 10.2 Å². The highest BCUT2D eigenvalue weighted by Gasteiger charge is 2.24. The summed E-state index contributed by atoms with van der Waals surface area (Å²) in [5, 5.41) is 12.5. The zero-order valence-corrected chi connectivity index (χ0v) is 15.7. The van der Waals surface area contributed by atoms with E-state index < -0.39 is 0 Å². The largest absolute Gasteiger partial charge is 0.359 e. The molecule has 0 amide bonds. The second-order valence-corrected chi connectivity index (χ2v) is 8.83. The topological polar surface area (TPSA) is 58.4 Å². The van der Waals surface area contributed by atoms with Gasteiger partial charge in [-0.1, -0.05) is 24.2 Å². The highest BCUT2D eigenvalue weighted by Crippen LogP contribution is 2.35. The molecule has 0 unspecified atom stereocenters. The summed E-state index contributed by atoms with van der Waals surface area (Å²) in [6.45, 7) is 2.07. The van der Waals surface area contributed by atoms with Crippen molar-refractivity contribution in [1.82, 2.24) is 19.6 Å². The van der Waals surface area contributed by atoms with Crippen molar-refractivity contribution >= 4 is 37.9 Å². The molecular formula is C17H22N6S2. The van der Waals surface area contributed by atoms with Gasteiger partial charge in [0.2, 0.25) is 10.1 Å². The maximum absolute atomic E-state index is 4.85. The van der Waals surface area contributed by atoms with Crippen LogP contribution in [0.15, 0.2) is 17.8 Å². The Morgan fingerprint density at radius 1 is 1.12 bits per heavy atom. The number of piperidine rings is 1. The Labute approximate surface area is 154 Å². The third-order valence-corrected chi connectivity index (χ3v) is 7.04. The molecule has 0 spiro atoms. The Hall–Kier alpha value is -1.67. The highest BCUT2D eigenvalue weighted by atomic mass is 32.1. The summed E-state index contributed by atoms with van der Waals surface area (Å²) in [6.07, 6.45) is 11.5. The summed E-state index contributed by atoms with van der Waals surface area (Å²) in [5.41, 5.74) is 1.24. The summed E-state index contributed by atoms with van der Waals surface area (Å²) < 4.78 is 1.99. The summed E-state index contributed by atoms with van der Waals surface area (Å²) in [4.78, 5) is 12.6. The van der Waals surface area contributed by atoms with Crippen LogP contribution in [0.25, 0.3) is 4.96 Å². The first-order valence-corrected chi connectivity index (χ1v) is 10.8. The van der Waals surface area contributed by atoms with Crippen molar-refractivity contribution in [3.05, 3.63) is 23.5 Å². The number of aromatic nitrogens is 4. The van der Waals surface area contributed by atoms with Gasteiger partial charge in [-0.3, -0.25) is 0 Å². The first kappa shape index (κ1) is 15.6. The zero-order valence-electron chi connectivity index (χ0n) is 14.1. The molecule has 5 rings (SSSR count). The second kappa shape index (κ2) is 6.57. The van der Waals surface area contributed by atoms with Gasteiger partial charge in [0.05, 0.1) is 11.9 Å². The molecule has 3 aromatic rings. The van der Waals surface area contributed by atoms with Crippen LogP contribution in [0.5, 0.6) is 0 Å². The minimum absolute atomic E-state index is 0.514. The molecular weight excluding hydrogens is 352 g/mol. The third kappa shape index (κ3) is 3.13. The molecule has 8 heteroatoms. The van der Waals surface area contributed by atoms with E-state index in [1.807, 2.05) is 16.1 Å². The first-order chi connectivity index (χ1) is 12.3. The molecule has 1 N–H and O–H groups in total. The van der Waals surface area contributed by atoms with E-state index in [2.05, 4.69) is 21.4 Å². The fourth-order valence-electron chi connectivity index (χ4n) is 3.94. The zero-order chi connectivity index (χ0) is 16.6. The van der Waals surface area contributed by atoms with Crippen molar-refractivity contribution in [2.45, 2.75) is 50.5 Å². The predicted octanol–water partition coefficient (Wildman–Crippen LogP) is 3.99. The maximum Gasteiger partial charge on any atom is 0.214 e. The number of rotatable bonds is 4. The van der Waals surface area contributed by atoms with Gasteiger partial charge in [-0.25, -0.2) is 14.5 Å². The number of hydrogen-bond acceptors (Lipinski definition) is 7. The number of anilines is 2. The summed E-state index contributed by atoms with van der Waals surface area (Å²) >= 11 is 3.40. The fraction of sp³-hybridized carbons (Fsp3) is 0.588. The van der Waals surface area contributed by atoms with Crippen LogP contribution >= 0.6 is 22.7 Å².